The Hall–Kier alpha value is -1.13. The summed E-state index contributed by atoms with van der Waals surface area (Å²) in [4.78, 5) is 8.65. The molecule has 0 unspecified atom stereocenters. The lowest BCUT2D eigenvalue weighted by atomic mass is 10.1. The topological polar surface area (TPSA) is 35.0 Å². The van der Waals surface area contributed by atoms with Crippen LogP contribution >= 0.6 is 22.9 Å². The zero-order chi connectivity index (χ0) is 13.1. The fourth-order valence-electron chi connectivity index (χ4n) is 2.38. The number of rotatable bonds is 4. The minimum Gasteiger partial charge on any atom is -0.484 e. The first-order valence-electron chi connectivity index (χ1n) is 6.50. The molecule has 0 saturated heterocycles. The van der Waals surface area contributed by atoms with E-state index in [0.29, 0.717) is 23.4 Å². The molecule has 0 amide bonds. The van der Waals surface area contributed by atoms with Gasteiger partial charge in [0.25, 0.3) is 0 Å². The first-order valence-corrected chi connectivity index (χ1v) is 7.76. The van der Waals surface area contributed by atoms with Gasteiger partial charge in [0.2, 0.25) is 0 Å². The second-order valence-corrected chi connectivity index (χ2v) is 5.99. The Morgan fingerprint density at radius 3 is 3.00 bits per heavy atom. The summed E-state index contributed by atoms with van der Waals surface area (Å²) >= 11 is 7.69. The highest BCUT2D eigenvalue weighted by Gasteiger charge is 2.20. The molecule has 3 rings (SSSR count). The summed E-state index contributed by atoms with van der Waals surface area (Å²) in [5, 5.41) is 3.74. The van der Waals surface area contributed by atoms with E-state index < -0.39 is 0 Å². The molecule has 0 N–H and O–H groups in total. The molecule has 1 aliphatic rings. The molecule has 3 nitrogen and oxygen atoms in total. The van der Waals surface area contributed by atoms with E-state index >= 15 is 0 Å². The maximum Gasteiger partial charge on any atom is 0.171 e. The lowest BCUT2D eigenvalue weighted by Crippen LogP contribution is -1.98. The SMILES string of the molecule is Clc1ncccc1OCc1csc(C2CCCC2)n1. The molecule has 0 aliphatic heterocycles. The molecular formula is C14H15ClN2OS. The summed E-state index contributed by atoms with van der Waals surface area (Å²) in [6, 6.07) is 3.63. The zero-order valence-electron chi connectivity index (χ0n) is 10.5. The second kappa shape index (κ2) is 5.88. The summed E-state index contributed by atoms with van der Waals surface area (Å²) in [6.07, 6.45) is 6.88. The summed E-state index contributed by atoms with van der Waals surface area (Å²) < 4.78 is 5.65. The van der Waals surface area contributed by atoms with Crippen LogP contribution in [0.25, 0.3) is 0 Å². The molecule has 2 aromatic rings. The monoisotopic (exact) mass is 294 g/mol. The molecular weight excluding hydrogens is 280 g/mol. The van der Waals surface area contributed by atoms with Crippen LogP contribution < -0.4 is 4.74 Å². The van der Waals surface area contributed by atoms with Crippen LogP contribution in [0.15, 0.2) is 23.7 Å². The predicted octanol–water partition coefficient (Wildman–Crippen LogP) is 4.43. The van der Waals surface area contributed by atoms with Crippen LogP contribution in [-0.4, -0.2) is 9.97 Å². The van der Waals surface area contributed by atoms with Crippen molar-refractivity contribution in [2.45, 2.75) is 38.2 Å². The fraction of sp³-hybridized carbons (Fsp3) is 0.429. The van der Waals surface area contributed by atoms with Gasteiger partial charge in [-0.1, -0.05) is 24.4 Å². The largest absolute Gasteiger partial charge is 0.484 e. The average Bonchev–Trinajstić information content (AvgIpc) is 3.09. The van der Waals surface area contributed by atoms with Crippen LogP contribution in [0.2, 0.25) is 5.15 Å². The van der Waals surface area contributed by atoms with Crippen molar-refractivity contribution in [2.75, 3.05) is 0 Å². The van der Waals surface area contributed by atoms with Crippen LogP contribution in [0, 0.1) is 0 Å². The lowest BCUT2D eigenvalue weighted by molar-refractivity contribution is 0.301. The number of hydrogen-bond acceptors (Lipinski definition) is 4. The lowest BCUT2D eigenvalue weighted by Gasteiger charge is -2.05. The molecule has 1 fully saturated rings. The molecule has 0 spiro atoms. The highest BCUT2D eigenvalue weighted by molar-refractivity contribution is 7.09. The minimum absolute atomic E-state index is 0.397. The van der Waals surface area contributed by atoms with Crippen molar-refractivity contribution in [3.8, 4) is 5.75 Å². The van der Waals surface area contributed by atoms with Crippen molar-refractivity contribution < 1.29 is 4.74 Å². The van der Waals surface area contributed by atoms with Gasteiger partial charge in [0.15, 0.2) is 10.9 Å². The van der Waals surface area contributed by atoms with Gasteiger partial charge in [0.1, 0.15) is 6.61 Å². The summed E-state index contributed by atoms with van der Waals surface area (Å²) in [5.41, 5.74) is 0.979. The highest BCUT2D eigenvalue weighted by atomic mass is 35.5. The van der Waals surface area contributed by atoms with Crippen molar-refractivity contribution in [1.29, 1.82) is 0 Å². The molecule has 0 aromatic carbocycles. The molecule has 0 atom stereocenters. The van der Waals surface area contributed by atoms with Gasteiger partial charge >= 0.3 is 0 Å². The fourth-order valence-corrected chi connectivity index (χ4v) is 3.53. The Labute approximate surface area is 121 Å². The van der Waals surface area contributed by atoms with Gasteiger partial charge in [-0.2, -0.15) is 0 Å². The Morgan fingerprint density at radius 1 is 1.37 bits per heavy atom. The Kier molecular flexibility index (Phi) is 3.99. The van der Waals surface area contributed by atoms with Gasteiger partial charge in [0, 0.05) is 17.5 Å². The Morgan fingerprint density at radius 2 is 2.21 bits per heavy atom. The first-order chi connectivity index (χ1) is 9.33. The van der Waals surface area contributed by atoms with E-state index in [0.717, 1.165) is 5.69 Å². The standard InChI is InChI=1S/C14H15ClN2OS/c15-13-12(6-3-7-16-13)18-8-11-9-19-14(17-11)10-4-1-2-5-10/h3,6-7,9-10H,1-2,4-5,8H2. The zero-order valence-corrected chi connectivity index (χ0v) is 12.1. The molecule has 0 bridgehead atoms. The van der Waals surface area contributed by atoms with Crippen molar-refractivity contribution in [3.05, 3.63) is 39.6 Å². The van der Waals surface area contributed by atoms with Crippen molar-refractivity contribution >= 4 is 22.9 Å². The molecule has 100 valence electrons. The van der Waals surface area contributed by atoms with Crippen molar-refractivity contribution in [2.24, 2.45) is 0 Å². The third-order valence-corrected chi connectivity index (χ3v) is 4.71. The van der Waals surface area contributed by atoms with Crippen molar-refractivity contribution in [3.63, 3.8) is 0 Å². The van der Waals surface area contributed by atoms with E-state index in [4.69, 9.17) is 16.3 Å². The number of thiazole rings is 1. The van der Waals surface area contributed by atoms with Gasteiger partial charge < -0.3 is 4.74 Å². The molecule has 2 aromatic heterocycles. The van der Waals surface area contributed by atoms with E-state index in [9.17, 15) is 0 Å². The maximum absolute atomic E-state index is 5.95. The molecule has 1 aliphatic carbocycles. The quantitative estimate of drug-likeness (QED) is 0.783. The third kappa shape index (κ3) is 3.07. The Bertz CT molecular complexity index is 552. The maximum atomic E-state index is 5.95. The van der Waals surface area contributed by atoms with Gasteiger partial charge in [0.05, 0.1) is 10.7 Å². The molecule has 19 heavy (non-hydrogen) atoms. The van der Waals surface area contributed by atoms with E-state index in [1.165, 1.54) is 30.7 Å². The molecule has 0 radical (unpaired) electrons. The number of halogens is 1. The normalized spacial score (nSPS) is 15.8. The summed E-state index contributed by atoms with van der Waals surface area (Å²) in [6.45, 7) is 0.453. The number of pyridine rings is 1. The molecule has 2 heterocycles. The Balaban J connectivity index is 1.63. The molecule has 1 saturated carbocycles. The average molecular weight is 295 g/mol. The summed E-state index contributed by atoms with van der Waals surface area (Å²) in [5.74, 6) is 1.28. The predicted molar refractivity (Wildman–Crippen MR) is 76.9 cm³/mol. The smallest absolute Gasteiger partial charge is 0.171 e. The number of ether oxygens (including phenoxy) is 1. The van der Waals surface area contributed by atoms with Crippen LogP contribution in [0.1, 0.15) is 42.3 Å². The van der Waals surface area contributed by atoms with Gasteiger partial charge in [-0.25, -0.2) is 9.97 Å². The van der Waals surface area contributed by atoms with Gasteiger partial charge in [-0.3, -0.25) is 0 Å². The van der Waals surface area contributed by atoms with E-state index in [-0.39, 0.29) is 0 Å². The number of hydrogen-bond donors (Lipinski definition) is 0. The van der Waals surface area contributed by atoms with E-state index in [2.05, 4.69) is 15.3 Å². The van der Waals surface area contributed by atoms with Gasteiger partial charge in [-0.05, 0) is 25.0 Å². The van der Waals surface area contributed by atoms with Crippen LogP contribution in [0.5, 0.6) is 5.75 Å². The van der Waals surface area contributed by atoms with Crippen LogP contribution in [-0.2, 0) is 6.61 Å². The van der Waals surface area contributed by atoms with Crippen molar-refractivity contribution in [1.82, 2.24) is 9.97 Å². The summed E-state index contributed by atoms with van der Waals surface area (Å²) in [7, 11) is 0. The van der Waals surface area contributed by atoms with Crippen LogP contribution in [0.4, 0.5) is 0 Å². The van der Waals surface area contributed by atoms with Crippen LogP contribution in [0.3, 0.4) is 0 Å². The minimum atomic E-state index is 0.397. The van der Waals surface area contributed by atoms with Gasteiger partial charge in [-0.15, -0.1) is 11.3 Å². The first kappa shape index (κ1) is 12.9. The number of aromatic nitrogens is 2. The number of nitrogens with zero attached hydrogens (tertiary/aromatic N) is 2. The van der Waals surface area contributed by atoms with E-state index in [1.54, 1.807) is 17.5 Å². The molecule has 5 heteroatoms. The third-order valence-electron chi connectivity index (χ3n) is 3.37. The highest BCUT2D eigenvalue weighted by Crippen LogP contribution is 2.35. The van der Waals surface area contributed by atoms with E-state index in [1.807, 2.05) is 12.1 Å². The second-order valence-electron chi connectivity index (χ2n) is 4.74.